The van der Waals surface area contributed by atoms with Gasteiger partial charge in [-0.15, -0.1) is 0 Å². The van der Waals surface area contributed by atoms with E-state index in [1.807, 2.05) is 0 Å². The fraction of sp³-hybridized carbons (Fsp3) is 0.857. The van der Waals surface area contributed by atoms with E-state index in [4.69, 9.17) is 5.73 Å². The average Bonchev–Trinajstić information content (AvgIpc) is 2.42. The number of hydrogen-bond acceptors (Lipinski definition) is 3. The molecule has 5 heteroatoms. The highest BCUT2D eigenvalue weighted by Gasteiger charge is 2.29. The van der Waals surface area contributed by atoms with Crippen LogP contribution in [0, 0.1) is 0 Å². The Balaban J connectivity index is 2.25. The van der Waals surface area contributed by atoms with Crippen LogP contribution in [0.1, 0.15) is 51.9 Å². The van der Waals surface area contributed by atoms with Crippen molar-refractivity contribution in [2.45, 2.75) is 57.9 Å². The maximum Gasteiger partial charge on any atom is 0.241 e. The Morgan fingerprint density at radius 3 is 2.58 bits per heavy atom. The monoisotopic (exact) mass is 269 g/mol. The lowest BCUT2D eigenvalue weighted by atomic mass is 10.1. The molecule has 1 rings (SSSR count). The van der Waals surface area contributed by atoms with Crippen molar-refractivity contribution in [3.05, 3.63) is 0 Å². The molecular formula is C14H27N3O2. The quantitative estimate of drug-likeness (QED) is 0.646. The maximum atomic E-state index is 12.1. The molecule has 0 spiro atoms. The zero-order chi connectivity index (χ0) is 14.1. The van der Waals surface area contributed by atoms with Gasteiger partial charge >= 0.3 is 0 Å². The molecule has 1 aliphatic rings. The average molecular weight is 269 g/mol. The Morgan fingerprint density at radius 2 is 1.89 bits per heavy atom. The highest BCUT2D eigenvalue weighted by molar-refractivity contribution is 5.87. The number of rotatable bonds is 8. The number of primary amides is 1. The molecule has 1 heterocycles. The standard InChI is InChI=1S/C14H27N3O2/c1-2-3-4-5-6-7-8-13(18)17-10-9-16-11-12(17)14(15)19/h12,16H,2-11H2,1H3,(H2,15,19). The van der Waals surface area contributed by atoms with Crippen LogP contribution in [0.25, 0.3) is 0 Å². The Bertz CT molecular complexity index is 294. The summed E-state index contributed by atoms with van der Waals surface area (Å²) < 4.78 is 0. The highest BCUT2D eigenvalue weighted by Crippen LogP contribution is 2.11. The maximum absolute atomic E-state index is 12.1. The SMILES string of the molecule is CCCCCCCCC(=O)N1CCNCC1C(N)=O. The van der Waals surface area contributed by atoms with Crippen LogP contribution in [0.15, 0.2) is 0 Å². The molecule has 1 atom stereocenters. The van der Waals surface area contributed by atoms with Gasteiger partial charge in [0, 0.05) is 26.1 Å². The largest absolute Gasteiger partial charge is 0.368 e. The molecule has 0 bridgehead atoms. The molecule has 110 valence electrons. The van der Waals surface area contributed by atoms with Crippen molar-refractivity contribution in [2.24, 2.45) is 5.73 Å². The second kappa shape index (κ2) is 8.91. The second-order valence-electron chi connectivity index (χ2n) is 5.23. The summed E-state index contributed by atoms with van der Waals surface area (Å²) in [5, 5.41) is 3.10. The summed E-state index contributed by atoms with van der Waals surface area (Å²) in [6.45, 7) is 4.00. The fourth-order valence-corrected chi connectivity index (χ4v) is 2.46. The van der Waals surface area contributed by atoms with Gasteiger partial charge in [0.25, 0.3) is 0 Å². The van der Waals surface area contributed by atoms with E-state index in [1.54, 1.807) is 4.90 Å². The number of amides is 2. The molecule has 1 unspecified atom stereocenters. The van der Waals surface area contributed by atoms with Gasteiger partial charge in [-0.3, -0.25) is 9.59 Å². The molecule has 1 fully saturated rings. The molecule has 1 aliphatic heterocycles. The van der Waals surface area contributed by atoms with E-state index in [0.29, 0.717) is 19.5 Å². The number of hydrogen-bond donors (Lipinski definition) is 2. The first-order valence-corrected chi connectivity index (χ1v) is 7.46. The second-order valence-corrected chi connectivity index (χ2v) is 5.23. The zero-order valence-electron chi connectivity index (χ0n) is 12.0. The van der Waals surface area contributed by atoms with Gasteiger partial charge in [-0.05, 0) is 6.42 Å². The third-order valence-electron chi connectivity index (χ3n) is 3.64. The molecule has 3 N–H and O–H groups in total. The van der Waals surface area contributed by atoms with Crippen LogP contribution in [-0.4, -0.2) is 42.4 Å². The van der Waals surface area contributed by atoms with Crippen molar-refractivity contribution in [1.82, 2.24) is 10.2 Å². The number of nitrogens with two attached hydrogens (primary N) is 1. The van der Waals surface area contributed by atoms with Crippen LogP contribution in [0.5, 0.6) is 0 Å². The molecular weight excluding hydrogens is 242 g/mol. The van der Waals surface area contributed by atoms with Gasteiger partial charge in [0.1, 0.15) is 6.04 Å². The fourth-order valence-electron chi connectivity index (χ4n) is 2.46. The summed E-state index contributed by atoms with van der Waals surface area (Å²) in [5.41, 5.74) is 5.33. The number of unbranched alkanes of at least 4 members (excludes halogenated alkanes) is 5. The van der Waals surface area contributed by atoms with Gasteiger partial charge in [-0.2, -0.15) is 0 Å². The van der Waals surface area contributed by atoms with E-state index >= 15 is 0 Å². The van der Waals surface area contributed by atoms with E-state index in [2.05, 4.69) is 12.2 Å². The topological polar surface area (TPSA) is 75.4 Å². The van der Waals surface area contributed by atoms with E-state index < -0.39 is 11.9 Å². The van der Waals surface area contributed by atoms with Gasteiger partial charge in [0.2, 0.25) is 11.8 Å². The lowest BCUT2D eigenvalue weighted by molar-refractivity contribution is -0.140. The Morgan fingerprint density at radius 1 is 1.21 bits per heavy atom. The molecule has 19 heavy (non-hydrogen) atoms. The number of carbonyl (C=O) groups is 2. The number of nitrogens with zero attached hydrogens (tertiary/aromatic N) is 1. The van der Waals surface area contributed by atoms with Crippen LogP contribution < -0.4 is 11.1 Å². The van der Waals surface area contributed by atoms with E-state index in [-0.39, 0.29) is 5.91 Å². The zero-order valence-corrected chi connectivity index (χ0v) is 12.0. The molecule has 0 aromatic carbocycles. The van der Waals surface area contributed by atoms with Crippen molar-refractivity contribution in [2.75, 3.05) is 19.6 Å². The van der Waals surface area contributed by atoms with E-state index in [9.17, 15) is 9.59 Å². The molecule has 2 amide bonds. The third kappa shape index (κ3) is 5.59. The predicted molar refractivity (Wildman–Crippen MR) is 75.6 cm³/mol. The third-order valence-corrected chi connectivity index (χ3v) is 3.64. The minimum atomic E-state index is -0.471. The summed E-state index contributed by atoms with van der Waals surface area (Å²) in [4.78, 5) is 25.0. The van der Waals surface area contributed by atoms with Crippen molar-refractivity contribution in [3.63, 3.8) is 0 Å². The summed E-state index contributed by atoms with van der Waals surface area (Å²) in [6, 6.07) is -0.471. The highest BCUT2D eigenvalue weighted by atomic mass is 16.2. The molecule has 1 saturated heterocycles. The van der Waals surface area contributed by atoms with E-state index in [1.165, 1.54) is 25.7 Å². The summed E-state index contributed by atoms with van der Waals surface area (Å²) in [6.07, 6.45) is 7.51. The van der Waals surface area contributed by atoms with Crippen LogP contribution in [-0.2, 0) is 9.59 Å². The minimum Gasteiger partial charge on any atom is -0.368 e. The van der Waals surface area contributed by atoms with Crippen LogP contribution in [0.3, 0.4) is 0 Å². The van der Waals surface area contributed by atoms with Crippen LogP contribution in [0.2, 0.25) is 0 Å². The Hall–Kier alpha value is -1.10. The lowest BCUT2D eigenvalue weighted by Gasteiger charge is -2.34. The Kier molecular flexibility index (Phi) is 7.48. The number of carbonyl (C=O) groups excluding carboxylic acids is 2. The van der Waals surface area contributed by atoms with E-state index in [0.717, 1.165) is 19.4 Å². The summed E-state index contributed by atoms with van der Waals surface area (Å²) in [5.74, 6) is -0.343. The smallest absolute Gasteiger partial charge is 0.241 e. The van der Waals surface area contributed by atoms with Crippen molar-refractivity contribution >= 4 is 11.8 Å². The summed E-state index contributed by atoms with van der Waals surface area (Å²) in [7, 11) is 0. The van der Waals surface area contributed by atoms with Crippen molar-refractivity contribution in [1.29, 1.82) is 0 Å². The molecule has 5 nitrogen and oxygen atoms in total. The van der Waals surface area contributed by atoms with Crippen molar-refractivity contribution in [3.8, 4) is 0 Å². The van der Waals surface area contributed by atoms with Gasteiger partial charge in [-0.25, -0.2) is 0 Å². The van der Waals surface area contributed by atoms with Crippen LogP contribution in [0.4, 0.5) is 0 Å². The molecule has 0 radical (unpaired) electrons. The van der Waals surface area contributed by atoms with Crippen molar-refractivity contribution < 1.29 is 9.59 Å². The number of nitrogens with one attached hydrogen (secondary N) is 1. The predicted octanol–water partition coefficient (Wildman–Crippen LogP) is 1.02. The molecule has 0 aliphatic carbocycles. The number of piperazine rings is 1. The summed E-state index contributed by atoms with van der Waals surface area (Å²) >= 11 is 0. The van der Waals surface area contributed by atoms with Gasteiger partial charge in [-0.1, -0.05) is 39.0 Å². The Labute approximate surface area is 115 Å². The first kappa shape index (κ1) is 16.0. The minimum absolute atomic E-state index is 0.0702. The molecule has 0 aromatic rings. The first-order valence-electron chi connectivity index (χ1n) is 7.46. The molecule has 0 saturated carbocycles. The normalized spacial score (nSPS) is 19.4. The van der Waals surface area contributed by atoms with Crippen LogP contribution >= 0.6 is 0 Å². The lowest BCUT2D eigenvalue weighted by Crippen LogP contribution is -2.58. The molecule has 0 aromatic heterocycles. The van der Waals surface area contributed by atoms with Gasteiger partial charge in [0.05, 0.1) is 0 Å². The van der Waals surface area contributed by atoms with Gasteiger partial charge < -0.3 is 16.0 Å². The van der Waals surface area contributed by atoms with Gasteiger partial charge in [0.15, 0.2) is 0 Å². The first-order chi connectivity index (χ1) is 9.16.